The van der Waals surface area contributed by atoms with Gasteiger partial charge in [-0.05, 0) is 41.8 Å². The van der Waals surface area contributed by atoms with Crippen LogP contribution in [0.4, 0.5) is 4.39 Å². The van der Waals surface area contributed by atoms with Crippen LogP contribution in [0.2, 0.25) is 0 Å². The van der Waals surface area contributed by atoms with E-state index in [1.807, 2.05) is 12.1 Å². The average Bonchev–Trinajstić information content (AvgIpc) is 2.87. The number of nitrogens with one attached hydrogen (secondary N) is 1. The fourth-order valence-electron chi connectivity index (χ4n) is 2.48. The van der Waals surface area contributed by atoms with Gasteiger partial charge in [0.1, 0.15) is 5.82 Å². The van der Waals surface area contributed by atoms with Gasteiger partial charge < -0.3 is 9.73 Å². The number of rotatable bonds is 5. The minimum atomic E-state index is -0.404. The third-order valence-electron chi connectivity index (χ3n) is 3.90. The van der Waals surface area contributed by atoms with Crippen molar-refractivity contribution in [1.29, 1.82) is 0 Å². The van der Waals surface area contributed by atoms with Crippen molar-refractivity contribution >= 4 is 17.0 Å². The minimum absolute atomic E-state index is 0.0829. The molecule has 24 heavy (non-hydrogen) atoms. The van der Waals surface area contributed by atoms with Gasteiger partial charge in [0.05, 0.1) is 5.52 Å². The van der Waals surface area contributed by atoms with Gasteiger partial charge in [-0.1, -0.05) is 18.2 Å². The lowest BCUT2D eigenvalue weighted by Gasteiger charge is -2.06. The van der Waals surface area contributed by atoms with Gasteiger partial charge in [0.15, 0.2) is 5.58 Å². The lowest BCUT2D eigenvalue weighted by atomic mass is 10.1. The zero-order valence-electron chi connectivity index (χ0n) is 13.2. The maximum Gasteiger partial charge on any atom is 0.419 e. The molecule has 2 aromatic carbocycles. The van der Waals surface area contributed by atoms with Crippen molar-refractivity contribution in [2.45, 2.75) is 19.4 Å². The highest BCUT2D eigenvalue weighted by Crippen LogP contribution is 2.15. The fraction of sp³-hybridized carbons (Fsp3) is 0.222. The van der Waals surface area contributed by atoms with Crippen LogP contribution in [0.25, 0.3) is 11.1 Å². The van der Waals surface area contributed by atoms with Crippen LogP contribution in [-0.4, -0.2) is 10.5 Å². The third-order valence-corrected chi connectivity index (χ3v) is 3.90. The number of hydrogen-bond acceptors (Lipinski definition) is 3. The summed E-state index contributed by atoms with van der Waals surface area (Å²) in [5, 5.41) is 2.81. The summed E-state index contributed by atoms with van der Waals surface area (Å²) in [5.41, 5.74) is 3.05. The molecule has 1 aromatic heterocycles. The number of oxazole rings is 1. The van der Waals surface area contributed by atoms with Gasteiger partial charge in [-0.3, -0.25) is 9.36 Å². The first-order valence-electron chi connectivity index (χ1n) is 7.62. The molecule has 3 rings (SSSR count). The molecule has 0 aliphatic carbocycles. The molecule has 0 fully saturated rings. The van der Waals surface area contributed by atoms with E-state index >= 15 is 0 Å². The zero-order chi connectivity index (χ0) is 17.1. The molecule has 0 spiro atoms. The molecule has 124 valence electrons. The van der Waals surface area contributed by atoms with Crippen molar-refractivity contribution in [1.82, 2.24) is 9.88 Å². The van der Waals surface area contributed by atoms with E-state index in [1.165, 1.54) is 16.7 Å². The summed E-state index contributed by atoms with van der Waals surface area (Å²) in [6, 6.07) is 11.5. The Morgan fingerprint density at radius 2 is 1.88 bits per heavy atom. The first kappa shape index (κ1) is 16.0. The molecular weight excluding hydrogens is 311 g/mol. The van der Waals surface area contributed by atoms with E-state index in [1.54, 1.807) is 25.2 Å². The number of aromatic nitrogens is 1. The van der Waals surface area contributed by atoms with Crippen molar-refractivity contribution in [2.24, 2.45) is 7.05 Å². The van der Waals surface area contributed by atoms with Gasteiger partial charge in [-0.2, -0.15) is 0 Å². The molecule has 1 N–H and O–H groups in total. The van der Waals surface area contributed by atoms with Crippen LogP contribution in [0, 0.1) is 5.82 Å². The Labute approximate surface area is 137 Å². The van der Waals surface area contributed by atoms with Crippen molar-refractivity contribution in [3.05, 3.63) is 70.0 Å². The van der Waals surface area contributed by atoms with E-state index in [0.717, 1.165) is 11.1 Å². The van der Waals surface area contributed by atoms with Gasteiger partial charge in [-0.25, -0.2) is 9.18 Å². The van der Waals surface area contributed by atoms with E-state index in [4.69, 9.17) is 4.42 Å². The number of halogens is 1. The van der Waals surface area contributed by atoms with Gasteiger partial charge in [0.25, 0.3) is 0 Å². The fourth-order valence-corrected chi connectivity index (χ4v) is 2.48. The maximum absolute atomic E-state index is 12.8. The molecule has 0 aliphatic rings. The lowest BCUT2D eigenvalue weighted by Crippen LogP contribution is -2.23. The van der Waals surface area contributed by atoms with Gasteiger partial charge in [0, 0.05) is 20.0 Å². The number of aryl methyl sites for hydroxylation is 2. The van der Waals surface area contributed by atoms with Crippen LogP contribution in [0.1, 0.15) is 17.5 Å². The number of fused-ring (bicyclic) bond motifs is 1. The molecule has 1 heterocycles. The Kier molecular flexibility index (Phi) is 4.46. The molecule has 6 heteroatoms. The molecule has 0 saturated carbocycles. The largest absolute Gasteiger partial charge is 0.419 e. The zero-order valence-corrected chi connectivity index (χ0v) is 13.2. The number of nitrogens with zero attached hydrogens (tertiary/aromatic N) is 1. The molecule has 0 aliphatic heterocycles. The molecule has 1 amide bonds. The number of amides is 1. The predicted molar refractivity (Wildman–Crippen MR) is 88.0 cm³/mol. The molecule has 0 saturated heterocycles. The summed E-state index contributed by atoms with van der Waals surface area (Å²) in [5.74, 6) is -0.784. The summed E-state index contributed by atoms with van der Waals surface area (Å²) in [6.07, 6.45) is 0.892. The first-order valence-corrected chi connectivity index (χ1v) is 7.62. The summed E-state index contributed by atoms with van der Waals surface area (Å²) < 4.78 is 19.3. The van der Waals surface area contributed by atoms with Crippen LogP contribution in [0.15, 0.2) is 51.7 Å². The molecule has 3 aromatic rings. The van der Waals surface area contributed by atoms with E-state index in [2.05, 4.69) is 5.32 Å². The number of carbonyl (C=O) groups is 1. The number of carbonyl (C=O) groups excluding carboxylic acids is 1. The molecule has 5 nitrogen and oxygen atoms in total. The Morgan fingerprint density at radius 1 is 1.17 bits per heavy atom. The Hall–Kier alpha value is -2.89. The summed E-state index contributed by atoms with van der Waals surface area (Å²) in [4.78, 5) is 23.4. The normalized spacial score (nSPS) is 10.9. The highest BCUT2D eigenvalue weighted by atomic mass is 19.1. The van der Waals surface area contributed by atoms with Crippen molar-refractivity contribution in [3.63, 3.8) is 0 Å². The maximum atomic E-state index is 12.8. The summed E-state index contributed by atoms with van der Waals surface area (Å²) in [7, 11) is 1.65. The highest BCUT2D eigenvalue weighted by Gasteiger charge is 2.08. The smallest absolute Gasteiger partial charge is 0.408 e. The van der Waals surface area contributed by atoms with Gasteiger partial charge >= 0.3 is 5.76 Å². The van der Waals surface area contributed by atoms with Crippen molar-refractivity contribution in [2.75, 3.05) is 0 Å². The Morgan fingerprint density at radius 3 is 2.62 bits per heavy atom. The SMILES string of the molecule is Cn1c(=O)oc2ccc(CCC(=O)NCc3ccc(F)cc3)cc21. The molecule has 0 atom stereocenters. The number of benzene rings is 2. The molecular formula is C18H17FN2O3. The van der Waals surface area contributed by atoms with Crippen LogP contribution in [-0.2, 0) is 24.8 Å². The van der Waals surface area contributed by atoms with E-state index in [0.29, 0.717) is 30.5 Å². The second-order valence-electron chi connectivity index (χ2n) is 5.63. The first-order chi connectivity index (χ1) is 11.5. The van der Waals surface area contributed by atoms with Crippen molar-refractivity contribution < 1.29 is 13.6 Å². The molecule has 0 bridgehead atoms. The second-order valence-corrected chi connectivity index (χ2v) is 5.63. The Bertz CT molecular complexity index is 926. The molecule has 0 unspecified atom stereocenters. The summed E-state index contributed by atoms with van der Waals surface area (Å²) >= 11 is 0. The van der Waals surface area contributed by atoms with E-state index in [-0.39, 0.29) is 11.7 Å². The van der Waals surface area contributed by atoms with Crippen LogP contribution in [0.5, 0.6) is 0 Å². The topological polar surface area (TPSA) is 64.2 Å². The van der Waals surface area contributed by atoms with Crippen molar-refractivity contribution in [3.8, 4) is 0 Å². The minimum Gasteiger partial charge on any atom is -0.408 e. The summed E-state index contributed by atoms with van der Waals surface area (Å²) in [6.45, 7) is 0.369. The third kappa shape index (κ3) is 3.53. The highest BCUT2D eigenvalue weighted by molar-refractivity contribution is 5.77. The van der Waals surface area contributed by atoms with Crippen LogP contribution >= 0.6 is 0 Å². The lowest BCUT2D eigenvalue weighted by molar-refractivity contribution is -0.121. The van der Waals surface area contributed by atoms with Crippen LogP contribution < -0.4 is 11.1 Å². The predicted octanol–water partition coefficient (Wildman–Crippen LogP) is 2.52. The van der Waals surface area contributed by atoms with Gasteiger partial charge in [-0.15, -0.1) is 0 Å². The Balaban J connectivity index is 1.57. The number of hydrogen-bond donors (Lipinski definition) is 1. The average molecular weight is 328 g/mol. The van der Waals surface area contributed by atoms with E-state index in [9.17, 15) is 14.0 Å². The second kappa shape index (κ2) is 6.70. The van der Waals surface area contributed by atoms with Gasteiger partial charge in [0.2, 0.25) is 5.91 Å². The monoisotopic (exact) mass is 328 g/mol. The van der Waals surface area contributed by atoms with Crippen LogP contribution in [0.3, 0.4) is 0 Å². The molecule has 0 radical (unpaired) electrons. The quantitative estimate of drug-likeness (QED) is 0.783. The van der Waals surface area contributed by atoms with E-state index < -0.39 is 5.76 Å². The standard InChI is InChI=1S/C18H17FN2O3/c1-21-15-10-12(4-8-16(15)24-18(21)23)5-9-17(22)20-11-13-2-6-14(19)7-3-13/h2-4,6-8,10H,5,9,11H2,1H3,(H,20,22).